The highest BCUT2D eigenvalue weighted by Gasteiger charge is 2.45. The molecule has 1 amide bonds. The summed E-state index contributed by atoms with van der Waals surface area (Å²) in [5, 5.41) is 2.97. The number of benzene rings is 2. The van der Waals surface area contributed by atoms with E-state index in [1.165, 1.54) is 18.2 Å². The van der Waals surface area contributed by atoms with Crippen LogP contribution in [0, 0.1) is 5.82 Å². The molecule has 5 nitrogen and oxygen atoms in total. The number of nitrogens with zero attached hydrogens (tertiary/aromatic N) is 1. The van der Waals surface area contributed by atoms with Gasteiger partial charge in [-0.3, -0.25) is 9.59 Å². The van der Waals surface area contributed by atoms with Gasteiger partial charge in [0, 0.05) is 23.0 Å². The van der Waals surface area contributed by atoms with Crippen molar-refractivity contribution in [1.29, 1.82) is 0 Å². The molecule has 3 aromatic rings. The average molecular weight is 391 g/mol. The molecule has 0 saturated heterocycles. The number of hydrogen-bond acceptors (Lipinski definition) is 3. The number of H-pyrrole nitrogens is 1. The SMILES string of the molecule is CCc1cc(=O)[nH]c(-c2cccc(NC(=O)C3(c4cccc(F)c4)CCC3)c2)n1. The third-order valence-electron chi connectivity index (χ3n) is 5.57. The topological polar surface area (TPSA) is 74.8 Å². The van der Waals surface area contributed by atoms with Gasteiger partial charge in [-0.25, -0.2) is 9.37 Å². The van der Waals surface area contributed by atoms with Crippen LogP contribution in [0.1, 0.15) is 37.4 Å². The van der Waals surface area contributed by atoms with Crippen molar-refractivity contribution < 1.29 is 9.18 Å². The van der Waals surface area contributed by atoms with Gasteiger partial charge in [0.05, 0.1) is 5.41 Å². The van der Waals surface area contributed by atoms with Crippen LogP contribution < -0.4 is 10.9 Å². The van der Waals surface area contributed by atoms with Crippen molar-refractivity contribution in [2.75, 3.05) is 5.32 Å². The van der Waals surface area contributed by atoms with Gasteiger partial charge in [-0.15, -0.1) is 0 Å². The van der Waals surface area contributed by atoms with E-state index in [0.29, 0.717) is 47.6 Å². The number of aryl methyl sites for hydroxylation is 1. The molecule has 1 saturated carbocycles. The molecule has 1 aromatic heterocycles. The van der Waals surface area contributed by atoms with Crippen LogP contribution in [0.4, 0.5) is 10.1 Å². The lowest BCUT2D eigenvalue weighted by atomic mass is 9.63. The molecule has 0 bridgehead atoms. The molecule has 4 rings (SSSR count). The molecule has 148 valence electrons. The summed E-state index contributed by atoms with van der Waals surface area (Å²) in [5.74, 6) is -0.0152. The lowest BCUT2D eigenvalue weighted by Gasteiger charge is -2.40. The lowest BCUT2D eigenvalue weighted by molar-refractivity contribution is -0.124. The second-order valence-electron chi connectivity index (χ2n) is 7.42. The van der Waals surface area contributed by atoms with Crippen LogP contribution >= 0.6 is 0 Å². The van der Waals surface area contributed by atoms with Crippen molar-refractivity contribution >= 4 is 11.6 Å². The Morgan fingerprint density at radius 2 is 1.97 bits per heavy atom. The predicted octanol–water partition coefficient (Wildman–Crippen LogP) is 4.20. The maximum absolute atomic E-state index is 13.7. The molecule has 6 heteroatoms. The van der Waals surface area contributed by atoms with E-state index in [2.05, 4.69) is 15.3 Å². The highest BCUT2D eigenvalue weighted by Crippen LogP contribution is 2.44. The standard InChI is InChI=1S/C23H22FN3O2/c1-2-18-14-20(28)27-21(25-18)15-6-3-9-19(12-15)26-22(29)23(10-5-11-23)16-7-4-8-17(24)13-16/h3-4,6-9,12-14H,2,5,10-11H2,1H3,(H,26,29)(H,25,27,28). The first-order valence-corrected chi connectivity index (χ1v) is 9.78. The Kier molecular flexibility index (Phi) is 5.01. The minimum atomic E-state index is -0.702. The molecule has 29 heavy (non-hydrogen) atoms. The van der Waals surface area contributed by atoms with E-state index in [1.807, 2.05) is 19.1 Å². The summed E-state index contributed by atoms with van der Waals surface area (Å²) in [6, 6.07) is 15.0. The minimum Gasteiger partial charge on any atom is -0.325 e. The largest absolute Gasteiger partial charge is 0.325 e. The number of aromatic nitrogens is 2. The van der Waals surface area contributed by atoms with Crippen LogP contribution in [0.3, 0.4) is 0 Å². The van der Waals surface area contributed by atoms with Crippen molar-refractivity contribution in [2.45, 2.75) is 38.0 Å². The fourth-order valence-electron chi connectivity index (χ4n) is 3.78. The number of carbonyl (C=O) groups is 1. The fourth-order valence-corrected chi connectivity index (χ4v) is 3.78. The highest BCUT2D eigenvalue weighted by molar-refractivity contribution is 6.00. The third-order valence-corrected chi connectivity index (χ3v) is 5.57. The molecule has 1 fully saturated rings. The third kappa shape index (κ3) is 3.70. The average Bonchev–Trinajstić information content (AvgIpc) is 2.67. The molecular weight excluding hydrogens is 369 g/mol. The van der Waals surface area contributed by atoms with E-state index in [0.717, 1.165) is 6.42 Å². The Balaban J connectivity index is 1.62. The van der Waals surface area contributed by atoms with Gasteiger partial charge in [0.25, 0.3) is 5.56 Å². The Labute approximate surface area is 168 Å². The molecule has 0 radical (unpaired) electrons. The predicted molar refractivity (Wildman–Crippen MR) is 110 cm³/mol. The summed E-state index contributed by atoms with van der Waals surface area (Å²) >= 11 is 0. The molecule has 0 atom stereocenters. The van der Waals surface area contributed by atoms with Gasteiger partial charge in [-0.1, -0.05) is 37.6 Å². The molecule has 0 aliphatic heterocycles. The van der Waals surface area contributed by atoms with Crippen molar-refractivity contribution in [1.82, 2.24) is 9.97 Å². The molecule has 0 spiro atoms. The van der Waals surface area contributed by atoms with Gasteiger partial charge in [0.2, 0.25) is 5.91 Å². The van der Waals surface area contributed by atoms with Crippen LogP contribution in [-0.4, -0.2) is 15.9 Å². The summed E-state index contributed by atoms with van der Waals surface area (Å²) in [6.45, 7) is 1.94. The Hall–Kier alpha value is -3.28. The fraction of sp³-hybridized carbons (Fsp3) is 0.261. The summed E-state index contributed by atoms with van der Waals surface area (Å²) < 4.78 is 13.7. The van der Waals surface area contributed by atoms with Gasteiger partial charge < -0.3 is 10.3 Å². The summed E-state index contributed by atoms with van der Waals surface area (Å²) in [7, 11) is 0. The quantitative estimate of drug-likeness (QED) is 0.685. The zero-order valence-electron chi connectivity index (χ0n) is 16.2. The van der Waals surface area contributed by atoms with E-state index >= 15 is 0 Å². The number of rotatable bonds is 5. The molecule has 1 aliphatic carbocycles. The zero-order valence-corrected chi connectivity index (χ0v) is 16.2. The van der Waals surface area contributed by atoms with E-state index in [1.54, 1.807) is 24.3 Å². The first-order chi connectivity index (χ1) is 14.0. The number of halogens is 1. The van der Waals surface area contributed by atoms with Crippen molar-refractivity contribution in [2.24, 2.45) is 0 Å². The van der Waals surface area contributed by atoms with E-state index in [-0.39, 0.29) is 17.3 Å². The first kappa shape index (κ1) is 19.1. The van der Waals surface area contributed by atoms with Crippen LogP contribution in [0.2, 0.25) is 0 Å². The normalized spacial score (nSPS) is 14.8. The van der Waals surface area contributed by atoms with Gasteiger partial charge in [0.1, 0.15) is 11.6 Å². The summed E-state index contributed by atoms with van der Waals surface area (Å²) in [6.07, 6.45) is 2.97. The molecule has 1 aliphatic rings. The minimum absolute atomic E-state index is 0.143. The smallest absolute Gasteiger partial charge is 0.251 e. The monoisotopic (exact) mass is 391 g/mol. The van der Waals surface area contributed by atoms with Crippen molar-refractivity contribution in [3.63, 3.8) is 0 Å². The maximum Gasteiger partial charge on any atom is 0.251 e. The number of amides is 1. The number of carbonyl (C=O) groups excluding carboxylic acids is 1. The van der Waals surface area contributed by atoms with E-state index in [9.17, 15) is 14.0 Å². The van der Waals surface area contributed by atoms with Gasteiger partial charge >= 0.3 is 0 Å². The maximum atomic E-state index is 13.7. The number of aromatic amines is 1. The van der Waals surface area contributed by atoms with E-state index < -0.39 is 5.41 Å². The Morgan fingerprint density at radius 3 is 2.66 bits per heavy atom. The molecular formula is C23H22FN3O2. The Morgan fingerprint density at radius 1 is 1.17 bits per heavy atom. The summed E-state index contributed by atoms with van der Waals surface area (Å²) in [4.78, 5) is 32.2. The van der Waals surface area contributed by atoms with Crippen molar-refractivity contribution in [3.05, 3.63) is 82.0 Å². The first-order valence-electron chi connectivity index (χ1n) is 9.78. The van der Waals surface area contributed by atoms with Gasteiger partial charge in [-0.2, -0.15) is 0 Å². The molecule has 2 aromatic carbocycles. The van der Waals surface area contributed by atoms with Crippen LogP contribution in [0.15, 0.2) is 59.4 Å². The van der Waals surface area contributed by atoms with Crippen LogP contribution in [0.25, 0.3) is 11.4 Å². The molecule has 0 unspecified atom stereocenters. The number of anilines is 1. The highest BCUT2D eigenvalue weighted by atomic mass is 19.1. The van der Waals surface area contributed by atoms with Gasteiger partial charge in [-0.05, 0) is 49.1 Å². The van der Waals surface area contributed by atoms with E-state index in [4.69, 9.17) is 0 Å². The second-order valence-corrected chi connectivity index (χ2v) is 7.42. The summed E-state index contributed by atoms with van der Waals surface area (Å²) in [5.41, 5.74) is 1.83. The molecule has 2 N–H and O–H groups in total. The number of nitrogens with one attached hydrogen (secondary N) is 2. The van der Waals surface area contributed by atoms with Crippen molar-refractivity contribution in [3.8, 4) is 11.4 Å². The zero-order chi connectivity index (χ0) is 20.4. The molecule has 1 heterocycles. The number of hydrogen-bond donors (Lipinski definition) is 2. The lowest BCUT2D eigenvalue weighted by Crippen LogP contribution is -2.46. The van der Waals surface area contributed by atoms with Gasteiger partial charge in [0.15, 0.2) is 0 Å². The second kappa shape index (κ2) is 7.62. The van der Waals surface area contributed by atoms with Crippen LogP contribution in [0.5, 0.6) is 0 Å². The Bertz CT molecular complexity index is 1120. The van der Waals surface area contributed by atoms with Crippen LogP contribution in [-0.2, 0) is 16.6 Å².